The number of nitrogens with two attached hydrogens (primary N) is 1. The van der Waals surface area contributed by atoms with E-state index in [-0.39, 0.29) is 0 Å². The van der Waals surface area contributed by atoms with Gasteiger partial charge in [0.15, 0.2) is 0 Å². The Kier molecular flexibility index (Phi) is 6.84. The molecule has 5 heteroatoms. The number of hydrogen-bond acceptors (Lipinski definition) is 3. The van der Waals surface area contributed by atoms with Gasteiger partial charge >= 0.3 is 0 Å². The molecule has 0 aliphatic heterocycles. The molecule has 0 amide bonds. The normalized spacial score (nSPS) is 12.1. The summed E-state index contributed by atoms with van der Waals surface area (Å²) >= 11 is 0. The smallest absolute Gasteiger partial charge is 0.240 e. The molecule has 0 aromatic heterocycles. The summed E-state index contributed by atoms with van der Waals surface area (Å²) in [6, 6.07) is 3.58. The average Bonchev–Trinajstić information content (AvgIpc) is 2.37. The molecule has 1 aromatic rings. The zero-order chi connectivity index (χ0) is 16.0. The fraction of sp³-hybridized carbons (Fsp3) is 0.625. The summed E-state index contributed by atoms with van der Waals surface area (Å²) in [4.78, 5) is 0.345. The number of aryl methyl sites for hydroxylation is 2. The molecule has 4 nitrogen and oxygen atoms in total. The predicted octanol–water partition coefficient (Wildman–Crippen LogP) is 2.87. The molecule has 0 heterocycles. The van der Waals surface area contributed by atoms with E-state index in [1.807, 2.05) is 19.9 Å². The van der Waals surface area contributed by atoms with E-state index in [2.05, 4.69) is 18.6 Å². The van der Waals surface area contributed by atoms with Crippen LogP contribution in [0.3, 0.4) is 0 Å². The predicted molar refractivity (Wildman–Crippen MR) is 87.7 cm³/mol. The summed E-state index contributed by atoms with van der Waals surface area (Å²) in [5.41, 5.74) is 8.34. The summed E-state index contributed by atoms with van der Waals surface area (Å²) in [7, 11) is -3.45. The molecule has 0 saturated carbocycles. The van der Waals surface area contributed by atoms with Gasteiger partial charge < -0.3 is 5.73 Å². The Balaban J connectivity index is 2.74. The Hall–Kier alpha value is -0.910. The molecule has 0 spiro atoms. The van der Waals surface area contributed by atoms with Gasteiger partial charge in [-0.05, 0) is 48.9 Å². The number of hydrogen-bond donors (Lipinski definition) is 2. The van der Waals surface area contributed by atoms with Crippen molar-refractivity contribution in [3.05, 3.63) is 28.8 Å². The van der Waals surface area contributed by atoms with Crippen LogP contribution in [-0.4, -0.2) is 15.0 Å². The molecule has 1 rings (SSSR count). The third-order valence-corrected chi connectivity index (χ3v) is 5.25. The third kappa shape index (κ3) is 5.41. The van der Waals surface area contributed by atoms with E-state index >= 15 is 0 Å². The summed E-state index contributed by atoms with van der Waals surface area (Å²) in [5, 5.41) is 0. The molecule has 0 fully saturated rings. The maximum atomic E-state index is 12.4. The number of benzene rings is 1. The zero-order valence-electron chi connectivity index (χ0n) is 13.6. The van der Waals surface area contributed by atoms with Crippen LogP contribution in [-0.2, 0) is 16.6 Å². The van der Waals surface area contributed by atoms with Gasteiger partial charge in [0.2, 0.25) is 10.0 Å². The lowest BCUT2D eigenvalue weighted by Gasteiger charge is -2.13. The van der Waals surface area contributed by atoms with Crippen LogP contribution in [0, 0.1) is 19.8 Å². The number of rotatable bonds is 8. The van der Waals surface area contributed by atoms with Crippen molar-refractivity contribution >= 4 is 10.0 Å². The van der Waals surface area contributed by atoms with E-state index in [0.717, 1.165) is 36.0 Å². The van der Waals surface area contributed by atoms with Crippen LogP contribution in [0.25, 0.3) is 0 Å². The Morgan fingerprint density at radius 3 is 2.38 bits per heavy atom. The summed E-state index contributed by atoms with van der Waals surface area (Å²) < 4.78 is 27.4. The molecule has 120 valence electrons. The molecule has 0 atom stereocenters. The van der Waals surface area contributed by atoms with Crippen molar-refractivity contribution in [2.75, 3.05) is 6.54 Å². The van der Waals surface area contributed by atoms with Gasteiger partial charge in [-0.1, -0.05) is 32.8 Å². The van der Waals surface area contributed by atoms with Crippen LogP contribution in [0.15, 0.2) is 17.0 Å². The van der Waals surface area contributed by atoms with Gasteiger partial charge in [-0.25, -0.2) is 13.1 Å². The quantitative estimate of drug-likeness (QED) is 0.725. The first-order valence-electron chi connectivity index (χ1n) is 7.57. The van der Waals surface area contributed by atoms with Crippen LogP contribution in [0.5, 0.6) is 0 Å². The highest BCUT2D eigenvalue weighted by atomic mass is 32.2. The zero-order valence-corrected chi connectivity index (χ0v) is 14.4. The average molecular weight is 312 g/mol. The Morgan fingerprint density at radius 2 is 1.81 bits per heavy atom. The second-order valence-corrected chi connectivity index (χ2v) is 7.77. The second-order valence-electron chi connectivity index (χ2n) is 6.04. The molecule has 0 bridgehead atoms. The molecule has 0 unspecified atom stereocenters. The number of nitrogens with one attached hydrogen (secondary N) is 1. The lowest BCUT2D eigenvalue weighted by molar-refractivity contribution is 0.530. The SMILES string of the molecule is Cc1cc(C)c(S(=O)(=O)NCCCCC(C)C)cc1CN. The van der Waals surface area contributed by atoms with E-state index in [9.17, 15) is 8.42 Å². The molecule has 1 aromatic carbocycles. The van der Waals surface area contributed by atoms with E-state index in [4.69, 9.17) is 5.73 Å². The van der Waals surface area contributed by atoms with E-state index in [1.54, 1.807) is 6.07 Å². The highest BCUT2D eigenvalue weighted by molar-refractivity contribution is 7.89. The molecule has 0 aliphatic carbocycles. The van der Waals surface area contributed by atoms with Crippen molar-refractivity contribution in [1.29, 1.82) is 0 Å². The molecule has 21 heavy (non-hydrogen) atoms. The second kappa shape index (κ2) is 7.92. The minimum absolute atomic E-state index is 0.345. The van der Waals surface area contributed by atoms with Crippen molar-refractivity contribution in [2.45, 2.75) is 58.4 Å². The fourth-order valence-electron chi connectivity index (χ4n) is 2.35. The van der Waals surface area contributed by atoms with Gasteiger partial charge in [0.25, 0.3) is 0 Å². The van der Waals surface area contributed by atoms with Crippen LogP contribution in [0.4, 0.5) is 0 Å². The van der Waals surface area contributed by atoms with E-state index in [1.165, 1.54) is 0 Å². The van der Waals surface area contributed by atoms with E-state index in [0.29, 0.717) is 23.9 Å². The van der Waals surface area contributed by atoms with Gasteiger partial charge in [0, 0.05) is 13.1 Å². The first-order chi connectivity index (χ1) is 9.77. The van der Waals surface area contributed by atoms with Crippen molar-refractivity contribution in [2.24, 2.45) is 11.7 Å². The topological polar surface area (TPSA) is 72.2 Å². The van der Waals surface area contributed by atoms with Crippen LogP contribution >= 0.6 is 0 Å². The minimum Gasteiger partial charge on any atom is -0.326 e. The summed E-state index contributed by atoms with van der Waals surface area (Å²) in [5.74, 6) is 0.660. The Morgan fingerprint density at radius 1 is 1.14 bits per heavy atom. The first kappa shape index (κ1) is 18.1. The van der Waals surface area contributed by atoms with Gasteiger partial charge in [0.05, 0.1) is 4.90 Å². The molecule has 0 saturated heterocycles. The molecular weight excluding hydrogens is 284 g/mol. The van der Waals surface area contributed by atoms with Crippen LogP contribution in [0.2, 0.25) is 0 Å². The molecule has 0 aliphatic rings. The number of sulfonamides is 1. The lowest BCUT2D eigenvalue weighted by Crippen LogP contribution is -2.26. The van der Waals surface area contributed by atoms with Crippen LogP contribution < -0.4 is 10.5 Å². The Bertz CT molecular complexity index is 566. The van der Waals surface area contributed by atoms with Crippen molar-refractivity contribution in [3.8, 4) is 0 Å². The first-order valence-corrected chi connectivity index (χ1v) is 9.06. The van der Waals surface area contributed by atoms with Gasteiger partial charge in [-0.2, -0.15) is 0 Å². The van der Waals surface area contributed by atoms with Gasteiger partial charge in [-0.3, -0.25) is 0 Å². The highest BCUT2D eigenvalue weighted by Gasteiger charge is 2.17. The monoisotopic (exact) mass is 312 g/mol. The Labute approximate surface area is 129 Å². The van der Waals surface area contributed by atoms with Gasteiger partial charge in [0.1, 0.15) is 0 Å². The minimum atomic E-state index is -3.45. The summed E-state index contributed by atoms with van der Waals surface area (Å²) in [6.45, 7) is 8.96. The van der Waals surface area contributed by atoms with Crippen molar-refractivity contribution < 1.29 is 8.42 Å². The van der Waals surface area contributed by atoms with E-state index < -0.39 is 10.0 Å². The highest BCUT2D eigenvalue weighted by Crippen LogP contribution is 2.20. The van der Waals surface area contributed by atoms with Gasteiger partial charge in [-0.15, -0.1) is 0 Å². The molecular formula is C16H28N2O2S. The number of unbranched alkanes of at least 4 members (excludes halogenated alkanes) is 1. The third-order valence-electron chi connectivity index (χ3n) is 3.64. The maximum absolute atomic E-state index is 12.4. The van der Waals surface area contributed by atoms with Crippen LogP contribution in [0.1, 0.15) is 49.8 Å². The summed E-state index contributed by atoms with van der Waals surface area (Å²) in [6.07, 6.45) is 3.04. The molecule has 3 N–H and O–H groups in total. The standard InChI is InChI=1S/C16H28N2O2S/c1-12(2)7-5-6-8-18-21(19,20)16-10-15(11-17)13(3)9-14(16)4/h9-10,12,18H,5-8,11,17H2,1-4H3. The lowest BCUT2D eigenvalue weighted by atomic mass is 10.1. The van der Waals surface area contributed by atoms with Crippen molar-refractivity contribution in [1.82, 2.24) is 4.72 Å². The molecule has 0 radical (unpaired) electrons. The van der Waals surface area contributed by atoms with Crippen molar-refractivity contribution in [3.63, 3.8) is 0 Å². The maximum Gasteiger partial charge on any atom is 0.240 e. The fourth-order valence-corrected chi connectivity index (χ4v) is 3.69. The largest absolute Gasteiger partial charge is 0.326 e.